The van der Waals surface area contributed by atoms with Crippen LogP contribution in [-0.4, -0.2) is 4.92 Å². The number of ether oxygens (including phenoxy) is 1. The molecule has 0 fully saturated rings. The third kappa shape index (κ3) is 2.82. The molecule has 0 bridgehead atoms. The van der Waals surface area contributed by atoms with Crippen LogP contribution in [0.2, 0.25) is 0 Å². The van der Waals surface area contributed by atoms with E-state index in [1.807, 2.05) is 0 Å². The quantitative estimate of drug-likeness (QED) is 0.527. The minimum absolute atomic E-state index is 0.0416. The number of benzene rings is 2. The molecule has 19 heavy (non-hydrogen) atoms. The van der Waals surface area contributed by atoms with Gasteiger partial charge in [-0.15, -0.1) is 0 Å². The highest BCUT2D eigenvalue weighted by Crippen LogP contribution is 2.36. The van der Waals surface area contributed by atoms with Crippen molar-refractivity contribution < 1.29 is 14.1 Å². The summed E-state index contributed by atoms with van der Waals surface area (Å²) >= 11 is 3.11. The molecule has 2 aromatic rings. The van der Waals surface area contributed by atoms with E-state index in [4.69, 9.17) is 10.5 Å². The molecule has 7 heteroatoms. The van der Waals surface area contributed by atoms with Gasteiger partial charge in [-0.05, 0) is 30.3 Å². The highest BCUT2D eigenvalue weighted by Gasteiger charge is 2.20. The van der Waals surface area contributed by atoms with Crippen LogP contribution in [0.25, 0.3) is 0 Å². The summed E-state index contributed by atoms with van der Waals surface area (Å²) < 4.78 is 19.4. The van der Waals surface area contributed by atoms with Gasteiger partial charge in [-0.25, -0.2) is 4.39 Å². The topological polar surface area (TPSA) is 78.4 Å². The summed E-state index contributed by atoms with van der Waals surface area (Å²) in [5.41, 5.74) is 5.09. The number of nitrogen functional groups attached to an aromatic ring is 1. The Labute approximate surface area is 116 Å². The van der Waals surface area contributed by atoms with Gasteiger partial charge in [0, 0.05) is 4.47 Å². The Bertz CT molecular complexity index is 649. The number of halogens is 2. The van der Waals surface area contributed by atoms with E-state index in [9.17, 15) is 14.5 Å². The molecule has 0 aliphatic carbocycles. The summed E-state index contributed by atoms with van der Waals surface area (Å²) in [4.78, 5) is 10.3. The number of para-hydroxylation sites is 1. The third-order valence-electron chi connectivity index (χ3n) is 2.33. The van der Waals surface area contributed by atoms with Crippen LogP contribution in [0.5, 0.6) is 11.5 Å². The summed E-state index contributed by atoms with van der Waals surface area (Å²) in [7, 11) is 0. The summed E-state index contributed by atoms with van der Waals surface area (Å²) in [5.74, 6) is -0.853. The average molecular weight is 327 g/mol. The molecule has 0 saturated carbocycles. The lowest BCUT2D eigenvalue weighted by Crippen LogP contribution is -1.99. The molecule has 0 aliphatic rings. The van der Waals surface area contributed by atoms with E-state index < -0.39 is 10.7 Å². The number of hydrogen-bond acceptors (Lipinski definition) is 4. The second-order valence-corrected chi connectivity index (χ2v) is 4.54. The lowest BCUT2D eigenvalue weighted by atomic mass is 10.2. The van der Waals surface area contributed by atoms with Crippen molar-refractivity contribution in [3.05, 3.63) is 56.8 Å². The normalized spacial score (nSPS) is 10.2. The lowest BCUT2D eigenvalue weighted by Gasteiger charge is -2.08. The molecule has 0 aliphatic heterocycles. The molecule has 2 aromatic carbocycles. The van der Waals surface area contributed by atoms with E-state index in [0.717, 1.165) is 0 Å². The van der Waals surface area contributed by atoms with E-state index in [1.165, 1.54) is 30.3 Å². The SMILES string of the molecule is Nc1cccc(Oc2ccc(Br)cc2F)c1[N+](=O)[O-]. The van der Waals surface area contributed by atoms with E-state index in [1.54, 1.807) is 6.07 Å². The van der Waals surface area contributed by atoms with Crippen LogP contribution < -0.4 is 10.5 Å². The number of nitrogens with zero attached hydrogens (tertiary/aromatic N) is 1. The highest BCUT2D eigenvalue weighted by molar-refractivity contribution is 9.10. The third-order valence-corrected chi connectivity index (χ3v) is 2.82. The molecular weight excluding hydrogens is 319 g/mol. The molecule has 0 heterocycles. The molecule has 98 valence electrons. The molecule has 0 unspecified atom stereocenters. The van der Waals surface area contributed by atoms with Crippen LogP contribution in [0.3, 0.4) is 0 Å². The van der Waals surface area contributed by atoms with Crippen molar-refractivity contribution in [2.24, 2.45) is 0 Å². The van der Waals surface area contributed by atoms with Gasteiger partial charge in [-0.3, -0.25) is 10.1 Å². The first-order valence-electron chi connectivity index (χ1n) is 5.15. The van der Waals surface area contributed by atoms with E-state index in [-0.39, 0.29) is 22.9 Å². The standard InChI is InChI=1S/C12H8BrFN2O3/c13-7-4-5-10(8(14)6-7)19-11-3-1-2-9(15)12(11)16(17)18/h1-6H,15H2. The van der Waals surface area contributed by atoms with Crippen LogP contribution in [0.1, 0.15) is 0 Å². The molecular formula is C12H8BrFN2O3. The van der Waals surface area contributed by atoms with Crippen molar-refractivity contribution in [2.45, 2.75) is 0 Å². The van der Waals surface area contributed by atoms with Crippen molar-refractivity contribution in [1.29, 1.82) is 0 Å². The first kappa shape index (κ1) is 13.3. The summed E-state index contributed by atoms with van der Waals surface area (Å²) in [6.45, 7) is 0. The molecule has 2 rings (SSSR count). The molecule has 0 spiro atoms. The Morgan fingerprint density at radius 1 is 1.26 bits per heavy atom. The smallest absolute Gasteiger partial charge is 0.334 e. The van der Waals surface area contributed by atoms with Crippen molar-refractivity contribution in [2.75, 3.05) is 5.73 Å². The molecule has 0 radical (unpaired) electrons. The molecule has 0 saturated heterocycles. The molecule has 0 aromatic heterocycles. The Kier molecular flexibility index (Phi) is 3.66. The lowest BCUT2D eigenvalue weighted by molar-refractivity contribution is -0.384. The monoisotopic (exact) mass is 326 g/mol. The fourth-order valence-corrected chi connectivity index (χ4v) is 1.83. The fourth-order valence-electron chi connectivity index (χ4n) is 1.49. The zero-order valence-electron chi connectivity index (χ0n) is 9.47. The summed E-state index contributed by atoms with van der Waals surface area (Å²) in [6.07, 6.45) is 0. The number of hydrogen-bond donors (Lipinski definition) is 1. The van der Waals surface area contributed by atoms with E-state index >= 15 is 0 Å². The number of anilines is 1. The van der Waals surface area contributed by atoms with Gasteiger partial charge in [0.2, 0.25) is 5.75 Å². The number of rotatable bonds is 3. The van der Waals surface area contributed by atoms with Gasteiger partial charge in [-0.1, -0.05) is 22.0 Å². The van der Waals surface area contributed by atoms with Crippen LogP contribution in [0, 0.1) is 15.9 Å². The highest BCUT2D eigenvalue weighted by atomic mass is 79.9. The minimum atomic E-state index is -0.665. The zero-order valence-corrected chi connectivity index (χ0v) is 11.1. The van der Waals surface area contributed by atoms with Gasteiger partial charge >= 0.3 is 5.69 Å². The first-order chi connectivity index (χ1) is 8.99. The first-order valence-corrected chi connectivity index (χ1v) is 5.94. The van der Waals surface area contributed by atoms with Crippen LogP contribution in [-0.2, 0) is 0 Å². The summed E-state index contributed by atoms with van der Waals surface area (Å²) in [5, 5.41) is 10.9. The predicted molar refractivity (Wildman–Crippen MR) is 71.7 cm³/mol. The van der Waals surface area contributed by atoms with Gasteiger partial charge in [0.1, 0.15) is 5.69 Å². The number of nitro benzene ring substituents is 1. The largest absolute Gasteiger partial charge is 0.447 e. The second kappa shape index (κ2) is 5.23. The minimum Gasteiger partial charge on any atom is -0.447 e. The second-order valence-electron chi connectivity index (χ2n) is 3.63. The van der Waals surface area contributed by atoms with Crippen molar-refractivity contribution in [3.63, 3.8) is 0 Å². The van der Waals surface area contributed by atoms with Gasteiger partial charge < -0.3 is 10.5 Å². The van der Waals surface area contributed by atoms with E-state index in [0.29, 0.717) is 4.47 Å². The zero-order chi connectivity index (χ0) is 14.0. The molecule has 0 atom stereocenters. The van der Waals surface area contributed by atoms with Crippen LogP contribution in [0.4, 0.5) is 15.8 Å². The van der Waals surface area contributed by atoms with Crippen molar-refractivity contribution >= 4 is 27.3 Å². The predicted octanol–water partition coefficient (Wildman–Crippen LogP) is 3.87. The van der Waals surface area contributed by atoms with Crippen molar-refractivity contribution in [1.82, 2.24) is 0 Å². The number of nitro groups is 1. The van der Waals surface area contributed by atoms with Gasteiger partial charge in [0.25, 0.3) is 0 Å². The molecule has 2 N–H and O–H groups in total. The van der Waals surface area contributed by atoms with Gasteiger partial charge in [-0.2, -0.15) is 0 Å². The Morgan fingerprint density at radius 2 is 2.00 bits per heavy atom. The summed E-state index contributed by atoms with van der Waals surface area (Å²) in [6, 6.07) is 8.36. The maximum atomic E-state index is 13.6. The average Bonchev–Trinajstić information content (AvgIpc) is 2.32. The Morgan fingerprint density at radius 3 is 2.63 bits per heavy atom. The van der Waals surface area contributed by atoms with Crippen LogP contribution >= 0.6 is 15.9 Å². The van der Waals surface area contributed by atoms with E-state index in [2.05, 4.69) is 15.9 Å². The molecule has 5 nitrogen and oxygen atoms in total. The van der Waals surface area contributed by atoms with Gasteiger partial charge in [0.05, 0.1) is 4.92 Å². The number of nitrogens with two attached hydrogens (primary N) is 1. The Balaban J connectivity index is 2.44. The van der Waals surface area contributed by atoms with Gasteiger partial charge in [0.15, 0.2) is 11.6 Å². The van der Waals surface area contributed by atoms with Crippen LogP contribution in [0.15, 0.2) is 40.9 Å². The molecule has 0 amide bonds. The Hall–Kier alpha value is -2.15. The fraction of sp³-hybridized carbons (Fsp3) is 0. The maximum absolute atomic E-state index is 13.6. The van der Waals surface area contributed by atoms with Crippen molar-refractivity contribution in [3.8, 4) is 11.5 Å². The maximum Gasteiger partial charge on any atom is 0.334 e.